The van der Waals surface area contributed by atoms with Gasteiger partial charge in [-0.3, -0.25) is 0 Å². The predicted molar refractivity (Wildman–Crippen MR) is 109 cm³/mol. The van der Waals surface area contributed by atoms with E-state index in [4.69, 9.17) is 0 Å². The third kappa shape index (κ3) is 4.03. The third-order valence-corrected chi connectivity index (χ3v) is 6.40. The SMILES string of the molecule is Fc1ccc([B-](c2cc(F)c(F)c(F)c2F)(c2cc(F)c(F)c(F)c2F)c2c(F)c(F)c(F)c(F)c2F)c(F)c1F. The molecular weight excluding hydrogens is 603 g/mol. The van der Waals surface area contributed by atoms with E-state index in [0.29, 0.717) is 0 Å². The second-order valence-corrected chi connectivity index (χ2v) is 8.39. The predicted octanol–water partition coefficient (Wildman–Crippen LogP) is 5.29. The summed E-state index contributed by atoms with van der Waals surface area (Å²) in [6.07, 6.45) is -5.76. The Bertz CT molecular complexity index is 1670. The molecule has 0 aromatic heterocycles. The van der Waals surface area contributed by atoms with Crippen LogP contribution in [0.4, 0.5) is 70.2 Å². The number of hydrogen-bond donors (Lipinski definition) is 0. The van der Waals surface area contributed by atoms with Gasteiger partial charge in [0.2, 0.25) is 0 Å². The zero-order chi connectivity index (χ0) is 30.9. The van der Waals surface area contributed by atoms with Crippen molar-refractivity contribution in [2.75, 3.05) is 0 Å². The molecule has 0 atom stereocenters. The molecule has 0 aliphatic carbocycles. The lowest BCUT2D eigenvalue weighted by Gasteiger charge is -2.44. The van der Waals surface area contributed by atoms with Crippen LogP contribution in [0.5, 0.6) is 0 Å². The third-order valence-electron chi connectivity index (χ3n) is 6.40. The zero-order valence-corrected chi connectivity index (χ0v) is 18.9. The highest BCUT2D eigenvalue weighted by molar-refractivity contribution is 7.20. The molecule has 0 aliphatic heterocycles. The molecule has 17 heteroatoms. The average molecular weight is 607 g/mol. The summed E-state index contributed by atoms with van der Waals surface area (Å²) < 4.78 is 233. The van der Waals surface area contributed by atoms with Gasteiger partial charge in [-0.25, -0.2) is 70.2 Å². The Morgan fingerprint density at radius 2 is 0.610 bits per heavy atom. The van der Waals surface area contributed by atoms with Crippen LogP contribution in [0, 0.1) is 93.1 Å². The molecule has 0 fully saturated rings. The van der Waals surface area contributed by atoms with Crippen molar-refractivity contribution in [3.63, 3.8) is 0 Å². The van der Waals surface area contributed by atoms with Gasteiger partial charge in [-0.1, -0.05) is 18.2 Å². The van der Waals surface area contributed by atoms with Gasteiger partial charge in [0.05, 0.1) is 0 Å². The molecule has 0 saturated heterocycles. The Balaban J connectivity index is 2.53. The highest BCUT2D eigenvalue weighted by Crippen LogP contribution is 2.27. The highest BCUT2D eigenvalue weighted by Gasteiger charge is 2.46. The van der Waals surface area contributed by atoms with Gasteiger partial charge in [0.15, 0.2) is 64.0 Å². The van der Waals surface area contributed by atoms with E-state index < -0.39 is 133 Å². The van der Waals surface area contributed by atoms with E-state index in [1.165, 1.54) is 0 Å². The number of rotatable bonds is 4. The van der Waals surface area contributed by atoms with Gasteiger partial charge in [0.25, 0.3) is 0 Å². The Morgan fingerprint density at radius 1 is 0.293 bits per heavy atom. The average Bonchev–Trinajstić information content (AvgIpc) is 2.94. The fraction of sp³-hybridized carbons (Fsp3) is 0. The normalized spacial score (nSPS) is 11.9. The molecule has 0 amide bonds. The smallest absolute Gasteiger partial charge is 0.200 e. The summed E-state index contributed by atoms with van der Waals surface area (Å²) in [5, 5.41) is 0. The minimum atomic E-state index is -5.76. The fourth-order valence-electron chi connectivity index (χ4n) is 4.66. The Kier molecular flexibility index (Phi) is 7.29. The van der Waals surface area contributed by atoms with Gasteiger partial charge in [-0.2, -0.15) is 16.4 Å². The summed E-state index contributed by atoms with van der Waals surface area (Å²) >= 11 is 0. The van der Waals surface area contributed by atoms with Crippen LogP contribution < -0.4 is 21.9 Å². The first-order valence-corrected chi connectivity index (χ1v) is 10.5. The van der Waals surface area contributed by atoms with Crippen molar-refractivity contribution in [3.05, 3.63) is 117 Å². The van der Waals surface area contributed by atoms with Gasteiger partial charge in [0, 0.05) is 0 Å². The number of hydrogen-bond acceptors (Lipinski definition) is 0. The summed E-state index contributed by atoms with van der Waals surface area (Å²) in [4.78, 5) is 0. The van der Waals surface area contributed by atoms with Crippen molar-refractivity contribution < 1.29 is 70.2 Å². The molecular formula is C24H4BF16-. The van der Waals surface area contributed by atoms with Crippen molar-refractivity contribution in [2.24, 2.45) is 0 Å². The molecule has 0 heterocycles. The standard InChI is InChI=1S/C24H4BF16/c26-8-2-1-5(12(29)15(8)32)25(6-3-9(27)16(33)20(37)13(6)30,7-4-10(28)17(34)21(38)14(7)31)11-18(35)22(39)24(41)23(40)19(11)36/h1-4H/q-1. The van der Waals surface area contributed by atoms with Crippen LogP contribution in [0.15, 0.2) is 24.3 Å². The minimum absolute atomic E-state index is 0.182. The van der Waals surface area contributed by atoms with Gasteiger partial charge < -0.3 is 0 Å². The monoisotopic (exact) mass is 607 g/mol. The summed E-state index contributed by atoms with van der Waals surface area (Å²) in [6, 6.07) is -1.70. The lowest BCUT2D eigenvalue weighted by atomic mass is 9.12. The van der Waals surface area contributed by atoms with E-state index in [9.17, 15) is 48.3 Å². The van der Waals surface area contributed by atoms with Gasteiger partial charge in [-0.15, -0.1) is 5.46 Å². The lowest BCUT2D eigenvalue weighted by molar-refractivity contribution is 0.383. The van der Waals surface area contributed by atoms with E-state index in [0.717, 1.165) is 0 Å². The van der Waals surface area contributed by atoms with Crippen LogP contribution in [0.2, 0.25) is 0 Å². The van der Waals surface area contributed by atoms with Crippen molar-refractivity contribution in [1.29, 1.82) is 0 Å². The molecule has 216 valence electrons. The molecule has 0 bridgehead atoms. The number of halogens is 16. The van der Waals surface area contributed by atoms with Crippen molar-refractivity contribution in [3.8, 4) is 0 Å². The van der Waals surface area contributed by atoms with Gasteiger partial charge in [-0.05, 0) is 6.07 Å². The summed E-state index contributed by atoms with van der Waals surface area (Å²) in [7, 11) is 0. The Morgan fingerprint density at radius 3 is 1.02 bits per heavy atom. The van der Waals surface area contributed by atoms with Crippen LogP contribution in [0.1, 0.15) is 0 Å². The first-order valence-electron chi connectivity index (χ1n) is 10.5. The molecule has 0 radical (unpaired) electrons. The molecule has 0 nitrogen and oxygen atoms in total. The topological polar surface area (TPSA) is 0 Å². The van der Waals surface area contributed by atoms with E-state index in [1.54, 1.807) is 0 Å². The summed E-state index contributed by atoms with van der Waals surface area (Å²) in [5.74, 6) is -45.5. The summed E-state index contributed by atoms with van der Waals surface area (Å²) in [5.41, 5.74) is -9.53. The maximum Gasteiger partial charge on any atom is 0.200 e. The zero-order valence-electron chi connectivity index (χ0n) is 18.9. The van der Waals surface area contributed by atoms with E-state index in [-0.39, 0.29) is 12.1 Å². The van der Waals surface area contributed by atoms with Crippen molar-refractivity contribution >= 4 is 28.0 Å². The maximum atomic E-state index is 15.3. The molecule has 4 aromatic carbocycles. The van der Waals surface area contributed by atoms with Crippen LogP contribution in [-0.2, 0) is 0 Å². The molecule has 4 aromatic rings. The Labute approximate surface area is 216 Å². The van der Waals surface area contributed by atoms with E-state index in [1.807, 2.05) is 0 Å². The quantitative estimate of drug-likeness (QED) is 0.128. The molecule has 41 heavy (non-hydrogen) atoms. The minimum Gasteiger partial charge on any atom is -0.207 e. The fourth-order valence-corrected chi connectivity index (χ4v) is 4.66. The molecule has 4 rings (SSSR count). The highest BCUT2D eigenvalue weighted by atomic mass is 19.2. The van der Waals surface area contributed by atoms with Gasteiger partial charge >= 0.3 is 0 Å². The van der Waals surface area contributed by atoms with Gasteiger partial charge in [0.1, 0.15) is 35.2 Å². The second kappa shape index (κ2) is 10.0. The first kappa shape index (κ1) is 29.8. The second-order valence-electron chi connectivity index (χ2n) is 8.39. The largest absolute Gasteiger partial charge is 0.207 e. The molecule has 0 N–H and O–H groups in total. The molecule has 0 saturated carbocycles. The van der Waals surface area contributed by atoms with E-state index >= 15 is 22.0 Å². The van der Waals surface area contributed by atoms with Crippen LogP contribution in [-0.4, -0.2) is 6.15 Å². The van der Waals surface area contributed by atoms with Crippen molar-refractivity contribution in [1.82, 2.24) is 0 Å². The van der Waals surface area contributed by atoms with Crippen LogP contribution in [0.25, 0.3) is 0 Å². The molecule has 0 aliphatic rings. The molecule has 0 spiro atoms. The van der Waals surface area contributed by atoms with Crippen molar-refractivity contribution in [2.45, 2.75) is 0 Å². The number of benzene rings is 4. The van der Waals surface area contributed by atoms with Crippen LogP contribution >= 0.6 is 0 Å². The Hall–Kier alpha value is -4.18. The van der Waals surface area contributed by atoms with E-state index in [2.05, 4.69) is 0 Å². The van der Waals surface area contributed by atoms with Crippen LogP contribution in [0.3, 0.4) is 0 Å². The first-order chi connectivity index (χ1) is 19.0. The maximum absolute atomic E-state index is 15.3. The summed E-state index contributed by atoms with van der Waals surface area (Å²) in [6.45, 7) is 0. The lowest BCUT2D eigenvalue weighted by Crippen LogP contribution is -2.79. The molecule has 0 unspecified atom stereocenters.